The molecule has 1 aliphatic heterocycles. The van der Waals surface area contributed by atoms with Crippen LogP contribution in [0.2, 0.25) is 0 Å². The van der Waals surface area contributed by atoms with E-state index in [4.69, 9.17) is 0 Å². The van der Waals surface area contributed by atoms with Crippen LogP contribution in [0.3, 0.4) is 0 Å². The average molecular weight is 285 g/mol. The van der Waals surface area contributed by atoms with E-state index >= 15 is 0 Å². The van der Waals surface area contributed by atoms with E-state index in [1.807, 2.05) is 6.92 Å². The number of nitrogens with zero attached hydrogens (tertiary/aromatic N) is 1. The maximum atomic E-state index is 12.0. The van der Waals surface area contributed by atoms with Crippen LogP contribution in [0.15, 0.2) is 0 Å². The zero-order valence-electron chi connectivity index (χ0n) is 10.2. The molecule has 0 radical (unpaired) electrons. The number of carbonyl (C=O) groups is 1. The minimum absolute atomic E-state index is 0.0395. The minimum atomic E-state index is -4.20. The first-order chi connectivity index (χ1) is 8.44. The first-order valence-electron chi connectivity index (χ1n) is 5.87. The number of alkyl halides is 3. The number of hydrogen-bond acceptors (Lipinski definition) is 4. The number of likely N-dealkylation sites (N-methyl/N-ethyl adjacent to an activating group) is 1. The monoisotopic (exact) mass is 285 g/mol. The van der Waals surface area contributed by atoms with Gasteiger partial charge in [0.25, 0.3) is 0 Å². The lowest BCUT2D eigenvalue weighted by Crippen LogP contribution is -2.58. The number of thioether (sulfide) groups is 1. The normalized spacial score (nSPS) is 21.9. The molecule has 1 heterocycles. The van der Waals surface area contributed by atoms with E-state index in [-0.39, 0.29) is 36.0 Å². The molecule has 106 valence electrons. The number of piperazine rings is 1. The molecule has 0 aromatic heterocycles. The van der Waals surface area contributed by atoms with Crippen molar-refractivity contribution in [1.29, 1.82) is 0 Å². The third-order valence-electron chi connectivity index (χ3n) is 2.65. The molecule has 0 aromatic rings. The molecule has 1 fully saturated rings. The Hall–Kier alpha value is -0.470. The van der Waals surface area contributed by atoms with Gasteiger partial charge in [-0.3, -0.25) is 9.69 Å². The van der Waals surface area contributed by atoms with Crippen LogP contribution in [0.5, 0.6) is 0 Å². The predicted molar refractivity (Wildman–Crippen MR) is 65.4 cm³/mol. The fourth-order valence-corrected chi connectivity index (χ4v) is 2.40. The smallest absolute Gasteiger partial charge is 0.355 e. The average Bonchev–Trinajstić information content (AvgIpc) is 2.28. The van der Waals surface area contributed by atoms with Crippen molar-refractivity contribution in [2.24, 2.45) is 0 Å². The van der Waals surface area contributed by atoms with E-state index in [0.29, 0.717) is 26.2 Å². The van der Waals surface area contributed by atoms with Crippen LogP contribution in [0.4, 0.5) is 13.2 Å². The maximum absolute atomic E-state index is 12.0. The van der Waals surface area contributed by atoms with Gasteiger partial charge in [-0.25, -0.2) is 0 Å². The molecular formula is C10H18F3N3OS. The zero-order chi connectivity index (χ0) is 13.6. The molecule has 1 unspecified atom stereocenters. The van der Waals surface area contributed by atoms with Gasteiger partial charge in [-0.2, -0.15) is 13.2 Å². The summed E-state index contributed by atoms with van der Waals surface area (Å²) < 4.78 is 36.1. The van der Waals surface area contributed by atoms with Crippen molar-refractivity contribution >= 4 is 17.7 Å². The molecule has 1 amide bonds. The van der Waals surface area contributed by atoms with Crippen LogP contribution in [-0.2, 0) is 4.79 Å². The summed E-state index contributed by atoms with van der Waals surface area (Å²) in [5.41, 5.74) is -4.20. The van der Waals surface area contributed by atoms with Crippen LogP contribution in [0, 0.1) is 0 Å². The summed E-state index contributed by atoms with van der Waals surface area (Å²) >= 11 is -0.0395. The number of amides is 1. The standard InChI is InChI=1S/C10H18F3N3OS/c1-2-15-9(17)8-7-14-3-4-16(8)5-6-18-10(11,12)13/h8,14H,2-7H2,1H3,(H,15,17). The molecule has 1 rings (SSSR count). The quantitative estimate of drug-likeness (QED) is 0.778. The molecule has 8 heteroatoms. The minimum Gasteiger partial charge on any atom is -0.355 e. The van der Waals surface area contributed by atoms with Gasteiger partial charge in [0, 0.05) is 38.5 Å². The lowest BCUT2D eigenvalue weighted by Gasteiger charge is -2.35. The predicted octanol–water partition coefficient (Wildman–Crippen LogP) is 0.649. The third kappa shape index (κ3) is 5.45. The maximum Gasteiger partial charge on any atom is 0.441 e. The summed E-state index contributed by atoms with van der Waals surface area (Å²) in [5.74, 6) is -0.166. The van der Waals surface area contributed by atoms with Crippen LogP contribution in [0.25, 0.3) is 0 Å². The van der Waals surface area contributed by atoms with Gasteiger partial charge in [-0.15, -0.1) is 0 Å². The second-order valence-electron chi connectivity index (χ2n) is 3.94. The first kappa shape index (κ1) is 15.6. The molecule has 1 atom stereocenters. The Bertz CT molecular complexity index is 276. The third-order valence-corrected chi connectivity index (χ3v) is 3.37. The van der Waals surface area contributed by atoms with Gasteiger partial charge in [-0.1, -0.05) is 0 Å². The van der Waals surface area contributed by atoms with Gasteiger partial charge in [0.15, 0.2) is 0 Å². The van der Waals surface area contributed by atoms with Gasteiger partial charge < -0.3 is 10.6 Å². The van der Waals surface area contributed by atoms with Gasteiger partial charge >= 0.3 is 5.51 Å². The van der Waals surface area contributed by atoms with Crippen molar-refractivity contribution in [2.75, 3.05) is 38.5 Å². The highest BCUT2D eigenvalue weighted by Crippen LogP contribution is 2.29. The fourth-order valence-electron chi connectivity index (χ4n) is 1.84. The summed E-state index contributed by atoms with van der Waals surface area (Å²) in [6, 6.07) is -0.368. The van der Waals surface area contributed by atoms with Gasteiger partial charge in [0.1, 0.15) is 6.04 Å². The number of hydrogen-bond donors (Lipinski definition) is 2. The Morgan fingerprint density at radius 3 is 2.89 bits per heavy atom. The topological polar surface area (TPSA) is 44.4 Å². The molecule has 0 spiro atoms. The summed E-state index contributed by atoms with van der Waals surface area (Å²) in [4.78, 5) is 13.6. The summed E-state index contributed by atoms with van der Waals surface area (Å²) in [6.07, 6.45) is 0. The zero-order valence-corrected chi connectivity index (χ0v) is 11.0. The first-order valence-corrected chi connectivity index (χ1v) is 6.85. The Labute approximate surface area is 109 Å². The molecule has 0 saturated carbocycles. The number of halogens is 3. The van der Waals surface area contributed by atoms with E-state index in [1.54, 1.807) is 4.90 Å². The SMILES string of the molecule is CCNC(=O)C1CNCCN1CCSC(F)(F)F. The highest BCUT2D eigenvalue weighted by Gasteiger charge is 2.31. The Morgan fingerprint density at radius 1 is 1.56 bits per heavy atom. The van der Waals surface area contributed by atoms with Crippen LogP contribution in [-0.4, -0.2) is 60.8 Å². The van der Waals surface area contributed by atoms with Crippen LogP contribution in [0.1, 0.15) is 6.92 Å². The fraction of sp³-hybridized carbons (Fsp3) is 0.900. The highest BCUT2D eigenvalue weighted by atomic mass is 32.2. The Kier molecular flexibility index (Phi) is 6.24. The van der Waals surface area contributed by atoms with E-state index in [1.165, 1.54) is 0 Å². The van der Waals surface area contributed by atoms with E-state index in [2.05, 4.69) is 10.6 Å². The largest absolute Gasteiger partial charge is 0.441 e. The molecule has 1 saturated heterocycles. The lowest BCUT2D eigenvalue weighted by molar-refractivity contribution is -0.126. The van der Waals surface area contributed by atoms with Crippen LogP contribution >= 0.6 is 11.8 Å². The summed E-state index contributed by atoms with van der Waals surface area (Å²) in [5, 5.41) is 5.78. The molecule has 0 bridgehead atoms. The van der Waals surface area contributed by atoms with Crippen molar-refractivity contribution in [1.82, 2.24) is 15.5 Å². The number of rotatable bonds is 5. The highest BCUT2D eigenvalue weighted by molar-refractivity contribution is 8.00. The number of nitrogens with one attached hydrogen (secondary N) is 2. The summed E-state index contributed by atoms with van der Waals surface area (Å²) in [7, 11) is 0. The molecule has 1 aliphatic rings. The molecule has 0 aromatic carbocycles. The van der Waals surface area contributed by atoms with E-state index in [0.717, 1.165) is 0 Å². The molecular weight excluding hydrogens is 267 g/mol. The second kappa shape index (κ2) is 7.20. The molecule has 18 heavy (non-hydrogen) atoms. The number of carbonyl (C=O) groups excluding carboxylic acids is 1. The van der Waals surface area contributed by atoms with E-state index in [9.17, 15) is 18.0 Å². The molecule has 0 aliphatic carbocycles. The second-order valence-corrected chi connectivity index (χ2v) is 5.10. The van der Waals surface area contributed by atoms with Crippen LogP contribution < -0.4 is 10.6 Å². The Morgan fingerprint density at radius 2 is 2.28 bits per heavy atom. The molecule has 2 N–H and O–H groups in total. The van der Waals surface area contributed by atoms with E-state index < -0.39 is 5.51 Å². The van der Waals surface area contributed by atoms with Gasteiger partial charge in [0.2, 0.25) is 5.91 Å². The Balaban J connectivity index is 2.42. The summed E-state index contributed by atoms with van der Waals surface area (Å²) in [6.45, 7) is 4.40. The van der Waals surface area contributed by atoms with Gasteiger partial charge in [0.05, 0.1) is 0 Å². The lowest BCUT2D eigenvalue weighted by atomic mass is 10.2. The van der Waals surface area contributed by atoms with Crippen molar-refractivity contribution in [3.8, 4) is 0 Å². The van der Waals surface area contributed by atoms with Crippen molar-refractivity contribution in [2.45, 2.75) is 18.5 Å². The van der Waals surface area contributed by atoms with Crippen molar-refractivity contribution < 1.29 is 18.0 Å². The molecule has 4 nitrogen and oxygen atoms in total. The van der Waals surface area contributed by atoms with Crippen molar-refractivity contribution in [3.63, 3.8) is 0 Å². The van der Waals surface area contributed by atoms with Gasteiger partial charge in [-0.05, 0) is 18.7 Å². The van der Waals surface area contributed by atoms with Crippen molar-refractivity contribution in [3.05, 3.63) is 0 Å².